The van der Waals surface area contributed by atoms with Gasteiger partial charge in [0.2, 0.25) is 0 Å². The molecule has 0 saturated carbocycles. The Bertz CT molecular complexity index is 666. The van der Waals surface area contributed by atoms with E-state index in [1.54, 1.807) is 6.08 Å². The van der Waals surface area contributed by atoms with E-state index in [1.807, 2.05) is 60.7 Å². The monoisotopic (exact) mass is 275 g/mol. The second-order valence-corrected chi connectivity index (χ2v) is 4.55. The molecule has 0 aliphatic heterocycles. The van der Waals surface area contributed by atoms with Gasteiger partial charge in [-0.25, -0.2) is 0 Å². The summed E-state index contributed by atoms with van der Waals surface area (Å²) in [6.07, 6.45) is 5.82. The number of hydrogen-bond acceptors (Lipinski definition) is 2. The number of hydrogen-bond donors (Lipinski definition) is 0. The van der Waals surface area contributed by atoms with Gasteiger partial charge >= 0.3 is 0 Å². The SMILES string of the molecule is C=CCc1c(C=CC#N)cccc1OCc1ccccc1. The maximum absolute atomic E-state index is 8.68. The average molecular weight is 275 g/mol. The number of rotatable bonds is 6. The molecule has 2 rings (SSSR count). The molecule has 0 aliphatic carbocycles. The van der Waals surface area contributed by atoms with Crippen molar-refractivity contribution in [2.75, 3.05) is 0 Å². The topological polar surface area (TPSA) is 33.0 Å². The molecule has 2 nitrogen and oxygen atoms in total. The minimum Gasteiger partial charge on any atom is -0.489 e. The summed E-state index contributed by atoms with van der Waals surface area (Å²) in [6, 6.07) is 17.9. The summed E-state index contributed by atoms with van der Waals surface area (Å²) in [6.45, 7) is 4.32. The largest absolute Gasteiger partial charge is 0.489 e. The normalized spacial score (nSPS) is 10.2. The van der Waals surface area contributed by atoms with Crippen LogP contribution >= 0.6 is 0 Å². The van der Waals surface area contributed by atoms with E-state index in [2.05, 4.69) is 6.58 Å². The van der Waals surface area contributed by atoms with E-state index in [4.69, 9.17) is 10.00 Å². The lowest BCUT2D eigenvalue weighted by Crippen LogP contribution is -1.99. The lowest BCUT2D eigenvalue weighted by molar-refractivity contribution is 0.303. The van der Waals surface area contributed by atoms with Crippen molar-refractivity contribution in [3.63, 3.8) is 0 Å². The van der Waals surface area contributed by atoms with Crippen molar-refractivity contribution in [3.05, 3.63) is 84.0 Å². The number of allylic oxidation sites excluding steroid dienone is 2. The zero-order valence-electron chi connectivity index (χ0n) is 11.8. The van der Waals surface area contributed by atoms with Crippen LogP contribution in [0.5, 0.6) is 5.75 Å². The highest BCUT2D eigenvalue weighted by atomic mass is 16.5. The molecular weight excluding hydrogens is 258 g/mol. The van der Waals surface area contributed by atoms with Crippen LogP contribution < -0.4 is 4.74 Å². The Morgan fingerprint density at radius 2 is 1.90 bits per heavy atom. The van der Waals surface area contributed by atoms with Crippen molar-refractivity contribution < 1.29 is 4.74 Å². The molecule has 2 aromatic rings. The summed E-state index contributed by atoms with van der Waals surface area (Å²) in [5.41, 5.74) is 3.16. The first-order chi connectivity index (χ1) is 10.3. The van der Waals surface area contributed by atoms with Gasteiger partial charge in [0.15, 0.2) is 0 Å². The first-order valence-electron chi connectivity index (χ1n) is 6.81. The predicted molar refractivity (Wildman–Crippen MR) is 85.8 cm³/mol. The van der Waals surface area contributed by atoms with E-state index in [9.17, 15) is 0 Å². The molecule has 0 spiro atoms. The fraction of sp³-hybridized carbons (Fsp3) is 0.105. The number of ether oxygens (including phenoxy) is 1. The predicted octanol–water partition coefficient (Wildman–Crippen LogP) is 4.53. The Balaban J connectivity index is 2.23. The first-order valence-corrected chi connectivity index (χ1v) is 6.81. The van der Waals surface area contributed by atoms with Crippen LogP contribution in [0.2, 0.25) is 0 Å². The molecule has 0 amide bonds. The molecule has 0 heterocycles. The Labute approximate surface area is 125 Å². The zero-order chi connectivity index (χ0) is 14.9. The minimum atomic E-state index is 0.524. The van der Waals surface area contributed by atoms with Crippen molar-refractivity contribution in [3.8, 4) is 11.8 Å². The van der Waals surface area contributed by atoms with Gasteiger partial charge in [-0.05, 0) is 29.7 Å². The molecule has 2 aromatic carbocycles. The highest BCUT2D eigenvalue weighted by Gasteiger charge is 2.06. The van der Waals surface area contributed by atoms with Gasteiger partial charge in [-0.2, -0.15) is 5.26 Å². The zero-order valence-corrected chi connectivity index (χ0v) is 11.8. The van der Waals surface area contributed by atoms with Gasteiger partial charge in [0.1, 0.15) is 12.4 Å². The fourth-order valence-electron chi connectivity index (χ4n) is 2.10. The maximum atomic E-state index is 8.68. The van der Waals surface area contributed by atoms with Gasteiger partial charge < -0.3 is 4.74 Å². The van der Waals surface area contributed by atoms with Gasteiger partial charge in [-0.15, -0.1) is 6.58 Å². The van der Waals surface area contributed by atoms with Crippen LogP contribution in [0.4, 0.5) is 0 Å². The van der Waals surface area contributed by atoms with Crippen LogP contribution in [0.25, 0.3) is 6.08 Å². The van der Waals surface area contributed by atoms with E-state index in [-0.39, 0.29) is 0 Å². The van der Waals surface area contributed by atoms with E-state index in [0.29, 0.717) is 13.0 Å². The van der Waals surface area contributed by atoms with Crippen molar-refractivity contribution >= 4 is 6.08 Å². The fourth-order valence-corrected chi connectivity index (χ4v) is 2.10. The summed E-state index contributed by atoms with van der Waals surface area (Å²) >= 11 is 0. The quantitative estimate of drug-likeness (QED) is 0.573. The third kappa shape index (κ3) is 4.09. The van der Waals surface area contributed by atoms with Gasteiger partial charge in [-0.1, -0.05) is 48.5 Å². The second kappa shape index (κ2) is 7.72. The summed E-state index contributed by atoms with van der Waals surface area (Å²) in [4.78, 5) is 0. The maximum Gasteiger partial charge on any atom is 0.123 e. The lowest BCUT2D eigenvalue weighted by atomic mass is 10.0. The van der Waals surface area contributed by atoms with Crippen LogP contribution in [0, 0.1) is 11.3 Å². The second-order valence-electron chi connectivity index (χ2n) is 4.55. The third-order valence-electron chi connectivity index (χ3n) is 3.09. The number of nitriles is 1. The van der Waals surface area contributed by atoms with Crippen LogP contribution in [0.3, 0.4) is 0 Å². The average Bonchev–Trinajstić information content (AvgIpc) is 2.53. The Hall–Kier alpha value is -2.79. The Kier molecular flexibility index (Phi) is 5.37. The van der Waals surface area contributed by atoms with Gasteiger partial charge in [-0.3, -0.25) is 0 Å². The van der Waals surface area contributed by atoms with Crippen molar-refractivity contribution in [2.45, 2.75) is 13.0 Å². The van der Waals surface area contributed by atoms with Crippen LogP contribution in [-0.2, 0) is 13.0 Å². The summed E-state index contributed by atoms with van der Waals surface area (Å²) in [5.74, 6) is 0.832. The first kappa shape index (κ1) is 14.6. The molecule has 0 saturated heterocycles. The summed E-state index contributed by atoms with van der Waals surface area (Å²) < 4.78 is 5.93. The molecule has 0 aliphatic rings. The molecule has 104 valence electrons. The highest BCUT2D eigenvalue weighted by molar-refractivity contribution is 5.60. The van der Waals surface area contributed by atoms with Gasteiger partial charge in [0, 0.05) is 11.6 Å². The number of nitrogens with zero attached hydrogens (tertiary/aromatic N) is 1. The third-order valence-corrected chi connectivity index (χ3v) is 3.09. The number of benzene rings is 2. The molecule has 0 radical (unpaired) electrons. The molecule has 0 bridgehead atoms. The molecule has 0 unspecified atom stereocenters. The molecular formula is C19H17NO. The van der Waals surface area contributed by atoms with Gasteiger partial charge in [0.05, 0.1) is 6.07 Å². The highest BCUT2D eigenvalue weighted by Crippen LogP contribution is 2.25. The molecule has 0 aromatic heterocycles. The van der Waals surface area contributed by atoms with E-state index >= 15 is 0 Å². The lowest BCUT2D eigenvalue weighted by Gasteiger charge is -2.13. The smallest absolute Gasteiger partial charge is 0.123 e. The molecule has 0 atom stereocenters. The van der Waals surface area contributed by atoms with Crippen molar-refractivity contribution in [1.82, 2.24) is 0 Å². The molecule has 0 fully saturated rings. The van der Waals surface area contributed by atoms with Crippen LogP contribution in [-0.4, -0.2) is 0 Å². The molecule has 21 heavy (non-hydrogen) atoms. The Morgan fingerprint density at radius 3 is 2.62 bits per heavy atom. The standard InChI is InChI=1S/C19H17NO/c1-2-8-18-17(12-7-14-20)11-6-13-19(18)21-15-16-9-4-3-5-10-16/h2-7,9-13H,1,8,15H2. The summed E-state index contributed by atoms with van der Waals surface area (Å²) in [7, 11) is 0. The molecule has 0 N–H and O–H groups in total. The Morgan fingerprint density at radius 1 is 1.10 bits per heavy atom. The van der Waals surface area contributed by atoms with Crippen molar-refractivity contribution in [2.24, 2.45) is 0 Å². The molecule has 2 heteroatoms. The van der Waals surface area contributed by atoms with E-state index in [0.717, 1.165) is 22.4 Å². The van der Waals surface area contributed by atoms with E-state index < -0.39 is 0 Å². The van der Waals surface area contributed by atoms with Crippen molar-refractivity contribution in [1.29, 1.82) is 5.26 Å². The van der Waals surface area contributed by atoms with Crippen LogP contribution in [0.1, 0.15) is 16.7 Å². The summed E-state index contributed by atoms with van der Waals surface area (Å²) in [5, 5.41) is 8.68. The van der Waals surface area contributed by atoms with E-state index in [1.165, 1.54) is 6.08 Å². The van der Waals surface area contributed by atoms with Gasteiger partial charge in [0.25, 0.3) is 0 Å². The minimum absolute atomic E-state index is 0.524. The van der Waals surface area contributed by atoms with Crippen LogP contribution in [0.15, 0.2) is 67.3 Å².